The van der Waals surface area contributed by atoms with Crippen LogP contribution < -0.4 is 4.57 Å². The molecular weight excluding hydrogens is 655 g/mol. The van der Waals surface area contributed by atoms with Gasteiger partial charge in [-0.3, -0.25) is 4.98 Å². The van der Waals surface area contributed by atoms with Crippen molar-refractivity contribution in [3.8, 4) is 27.9 Å². The van der Waals surface area contributed by atoms with Crippen LogP contribution in [0.1, 0.15) is 71.1 Å². The highest BCUT2D eigenvalue weighted by Crippen LogP contribution is 2.59. The van der Waals surface area contributed by atoms with E-state index in [9.17, 15) is 0 Å². The zero-order valence-corrected chi connectivity index (χ0v) is 31.2. The average Bonchev–Trinajstić information content (AvgIpc) is 3.87. The maximum absolute atomic E-state index is 6.10. The van der Waals surface area contributed by atoms with E-state index in [0.29, 0.717) is 0 Å². The Labute approximate surface area is 317 Å². The maximum atomic E-state index is 6.10. The summed E-state index contributed by atoms with van der Waals surface area (Å²) in [6.07, 6.45) is 6.33. The van der Waals surface area contributed by atoms with Crippen LogP contribution in [0.2, 0.25) is 0 Å². The molecule has 54 heavy (non-hydrogen) atoms. The Hall–Kier alpha value is -6.32. The van der Waals surface area contributed by atoms with Crippen LogP contribution in [0.5, 0.6) is 0 Å². The van der Waals surface area contributed by atoms with Gasteiger partial charge in [0.15, 0.2) is 0 Å². The molecule has 2 aromatic heterocycles. The number of rotatable bonds is 5. The van der Waals surface area contributed by atoms with Gasteiger partial charge in [0, 0.05) is 0 Å². The van der Waals surface area contributed by atoms with Crippen LogP contribution in [0, 0.1) is 0 Å². The minimum Gasteiger partial charge on any atom is -0.255 e. The SMILES string of the molecule is C[n+]1ccn(-c2cccc(C3(c4cc(C(C)(C)C)cc(C5(c6ccccc6)c6ccccc6-c6ccccc65)n4)c4ccccc4-c4ccccc43)c2)c1. The molecular formula is C51H42N3+. The van der Waals surface area contributed by atoms with E-state index in [2.05, 4.69) is 219 Å². The van der Waals surface area contributed by atoms with E-state index in [4.69, 9.17) is 4.98 Å². The number of nitrogens with zero attached hydrogens (tertiary/aromatic N) is 3. The van der Waals surface area contributed by atoms with E-state index in [1.165, 1.54) is 61.2 Å². The summed E-state index contributed by atoms with van der Waals surface area (Å²) in [5.74, 6) is 0. The zero-order valence-electron chi connectivity index (χ0n) is 31.2. The maximum Gasteiger partial charge on any atom is 0.248 e. The van der Waals surface area contributed by atoms with Gasteiger partial charge in [-0.2, -0.15) is 0 Å². The molecule has 8 aromatic rings. The van der Waals surface area contributed by atoms with Crippen molar-refractivity contribution in [2.24, 2.45) is 7.05 Å². The standard InChI is InChI=1S/C51H42N3/c1-49(2,3)37-32-47(50(35-17-6-5-7-18-35)43-25-12-8-21-39(43)40-22-9-13-26-44(40)50)52-48(33-37)51(36-19-16-20-38(31-36)54-30-29-53(4)34-54)45-27-14-10-23-41(45)42-24-11-15-28-46(42)51/h5-34H,1-4H3/q+1. The van der Waals surface area contributed by atoms with Crippen molar-refractivity contribution >= 4 is 0 Å². The largest absolute Gasteiger partial charge is 0.255 e. The van der Waals surface area contributed by atoms with Gasteiger partial charge in [0.1, 0.15) is 18.1 Å². The second kappa shape index (κ2) is 11.8. The Morgan fingerprint density at radius 3 is 1.41 bits per heavy atom. The van der Waals surface area contributed by atoms with E-state index < -0.39 is 10.8 Å². The topological polar surface area (TPSA) is 21.7 Å². The predicted molar refractivity (Wildman–Crippen MR) is 218 cm³/mol. The lowest BCUT2D eigenvalue weighted by Gasteiger charge is -2.38. The van der Waals surface area contributed by atoms with Gasteiger partial charge in [0.05, 0.1) is 29.3 Å². The molecule has 2 aliphatic rings. The molecule has 2 aliphatic carbocycles. The molecule has 0 amide bonds. The molecule has 0 atom stereocenters. The lowest BCUT2D eigenvalue weighted by Crippen LogP contribution is -2.35. The first-order valence-corrected chi connectivity index (χ1v) is 18.9. The summed E-state index contributed by atoms with van der Waals surface area (Å²) in [5, 5.41) is 0. The Morgan fingerprint density at radius 2 is 0.944 bits per heavy atom. The fourth-order valence-electron chi connectivity index (χ4n) is 9.48. The van der Waals surface area contributed by atoms with Crippen LogP contribution in [0.15, 0.2) is 183 Å². The number of benzene rings is 6. The molecule has 0 fully saturated rings. The zero-order chi connectivity index (χ0) is 36.7. The second-order valence-corrected chi connectivity index (χ2v) is 16.0. The van der Waals surface area contributed by atoms with Crippen molar-refractivity contribution in [1.82, 2.24) is 9.55 Å². The van der Waals surface area contributed by atoms with Crippen molar-refractivity contribution in [3.05, 3.63) is 233 Å². The van der Waals surface area contributed by atoms with Crippen LogP contribution in [0.4, 0.5) is 0 Å². The molecule has 0 aliphatic heterocycles. The number of aryl methyl sites for hydroxylation is 1. The first kappa shape index (κ1) is 32.3. The quantitative estimate of drug-likeness (QED) is 0.164. The van der Waals surface area contributed by atoms with Crippen LogP contribution in [-0.2, 0) is 23.3 Å². The van der Waals surface area contributed by atoms with Crippen molar-refractivity contribution in [3.63, 3.8) is 0 Å². The first-order valence-electron chi connectivity index (χ1n) is 18.9. The minimum atomic E-state index is -0.690. The summed E-state index contributed by atoms with van der Waals surface area (Å²) in [5.41, 5.74) is 15.5. The number of hydrogen-bond donors (Lipinski definition) is 0. The molecule has 10 rings (SSSR count). The first-order chi connectivity index (χ1) is 26.3. The lowest BCUT2D eigenvalue weighted by atomic mass is 9.66. The van der Waals surface area contributed by atoms with Crippen LogP contribution >= 0.6 is 0 Å². The van der Waals surface area contributed by atoms with Crippen molar-refractivity contribution < 1.29 is 4.57 Å². The average molecular weight is 697 g/mol. The number of fused-ring (bicyclic) bond motifs is 6. The molecule has 3 heteroatoms. The molecule has 260 valence electrons. The van der Waals surface area contributed by atoms with Gasteiger partial charge < -0.3 is 0 Å². The number of hydrogen-bond acceptors (Lipinski definition) is 1. The molecule has 6 aromatic carbocycles. The van der Waals surface area contributed by atoms with E-state index >= 15 is 0 Å². The van der Waals surface area contributed by atoms with Crippen molar-refractivity contribution in [2.45, 2.75) is 37.0 Å². The van der Waals surface area contributed by atoms with Crippen LogP contribution in [0.3, 0.4) is 0 Å². The van der Waals surface area contributed by atoms with Gasteiger partial charge in [-0.1, -0.05) is 160 Å². The monoisotopic (exact) mass is 696 g/mol. The molecule has 0 saturated carbocycles. The molecule has 2 heterocycles. The summed E-state index contributed by atoms with van der Waals surface area (Å²) in [4.78, 5) is 6.10. The van der Waals surface area contributed by atoms with Gasteiger partial charge in [-0.15, -0.1) is 0 Å². The molecule has 0 spiro atoms. The van der Waals surface area contributed by atoms with Gasteiger partial charge >= 0.3 is 0 Å². The summed E-state index contributed by atoms with van der Waals surface area (Å²) in [7, 11) is 2.07. The smallest absolute Gasteiger partial charge is 0.248 e. The van der Waals surface area contributed by atoms with Crippen LogP contribution in [-0.4, -0.2) is 9.55 Å². The molecule has 0 radical (unpaired) electrons. The molecule has 3 nitrogen and oxygen atoms in total. The number of aromatic nitrogens is 3. The Kier molecular flexibility index (Phi) is 7.09. The molecule has 0 bridgehead atoms. The fourth-order valence-corrected chi connectivity index (χ4v) is 9.48. The van der Waals surface area contributed by atoms with Crippen molar-refractivity contribution in [1.29, 1.82) is 0 Å². The number of imidazole rings is 1. The summed E-state index contributed by atoms with van der Waals surface area (Å²) < 4.78 is 4.29. The van der Waals surface area contributed by atoms with Gasteiger partial charge in [0.2, 0.25) is 6.33 Å². The van der Waals surface area contributed by atoms with Gasteiger partial charge in [-0.05, 0) is 90.9 Å². The molecule has 0 N–H and O–H groups in total. The van der Waals surface area contributed by atoms with Gasteiger partial charge in [-0.25, -0.2) is 9.13 Å². The third-order valence-corrected chi connectivity index (χ3v) is 11.9. The van der Waals surface area contributed by atoms with E-state index in [-0.39, 0.29) is 5.41 Å². The molecule has 0 saturated heterocycles. The predicted octanol–water partition coefficient (Wildman–Crippen LogP) is 10.7. The third kappa shape index (κ3) is 4.48. The highest BCUT2D eigenvalue weighted by Gasteiger charge is 2.51. The fraction of sp³-hybridized carbons (Fsp3) is 0.137. The lowest BCUT2D eigenvalue weighted by molar-refractivity contribution is -0.670. The van der Waals surface area contributed by atoms with Crippen molar-refractivity contribution in [2.75, 3.05) is 0 Å². The summed E-state index contributed by atoms with van der Waals surface area (Å²) in [6.45, 7) is 6.99. The summed E-state index contributed by atoms with van der Waals surface area (Å²) in [6, 6.07) is 60.8. The number of pyridine rings is 1. The highest BCUT2D eigenvalue weighted by molar-refractivity contribution is 5.88. The minimum absolute atomic E-state index is 0.164. The van der Waals surface area contributed by atoms with E-state index in [1.807, 2.05) is 0 Å². The van der Waals surface area contributed by atoms with E-state index in [1.54, 1.807) is 0 Å². The summed E-state index contributed by atoms with van der Waals surface area (Å²) >= 11 is 0. The second-order valence-electron chi connectivity index (χ2n) is 16.0. The Morgan fingerprint density at radius 1 is 0.500 bits per heavy atom. The van der Waals surface area contributed by atoms with Gasteiger partial charge in [0.25, 0.3) is 0 Å². The van der Waals surface area contributed by atoms with Crippen LogP contribution in [0.25, 0.3) is 27.9 Å². The highest BCUT2D eigenvalue weighted by atomic mass is 15.1. The Balaban J connectivity index is 1.37. The third-order valence-electron chi connectivity index (χ3n) is 11.9. The normalized spacial score (nSPS) is 14.6. The Bertz CT molecular complexity index is 2640. The molecule has 0 unspecified atom stereocenters. The van der Waals surface area contributed by atoms with E-state index in [0.717, 1.165) is 17.1 Å².